The third-order valence-electron chi connectivity index (χ3n) is 11.1. The first kappa shape index (κ1) is 58.6. The molecule has 2 aromatic heterocycles. The second-order valence-electron chi connectivity index (χ2n) is 14.9. The molecule has 0 atom stereocenters. The van der Waals surface area contributed by atoms with Gasteiger partial charge in [-0.3, -0.25) is 14.9 Å². The lowest BCUT2D eigenvalue weighted by Gasteiger charge is -2.27. The van der Waals surface area contributed by atoms with Crippen LogP contribution in [-0.4, -0.2) is 51.6 Å². The summed E-state index contributed by atoms with van der Waals surface area (Å²) in [7, 11) is 1.50. The highest BCUT2D eigenvalue weighted by Crippen LogP contribution is 2.32. The fraction of sp³-hybridized carbons (Fsp3) is 0.527. The van der Waals surface area contributed by atoms with E-state index >= 15 is 0 Å². The van der Waals surface area contributed by atoms with Gasteiger partial charge in [-0.05, 0) is 155 Å². The molecule has 5 nitrogen and oxygen atoms in total. The second-order valence-corrected chi connectivity index (χ2v) is 16.5. The normalized spacial score (nSPS) is 13.1. The summed E-state index contributed by atoms with van der Waals surface area (Å²) in [4.78, 5) is 12.8. The number of nitrogens with zero attached hydrogens (tertiary/aromatic N) is 4. The van der Waals surface area contributed by atoms with E-state index < -0.39 is 0 Å². The van der Waals surface area contributed by atoms with Gasteiger partial charge in [0, 0.05) is 42.5 Å². The van der Waals surface area contributed by atoms with E-state index in [1.54, 1.807) is 0 Å². The van der Waals surface area contributed by atoms with Crippen molar-refractivity contribution in [3.63, 3.8) is 0 Å². The number of rotatable bonds is 13. The molecule has 6 rings (SSSR count). The largest absolute Gasteiger partial charge is 0.333 e. The van der Waals surface area contributed by atoms with Gasteiger partial charge in [-0.1, -0.05) is 134 Å². The molecule has 0 aliphatic carbocycles. The van der Waals surface area contributed by atoms with E-state index in [1.165, 1.54) is 132 Å². The molecule has 7 heteroatoms. The molecule has 2 N–H and O–H groups in total. The van der Waals surface area contributed by atoms with Gasteiger partial charge in [-0.2, -0.15) is 0 Å². The number of unbranched alkanes of at least 4 members (excludes halogenated alkanes) is 1. The van der Waals surface area contributed by atoms with Crippen LogP contribution in [0.25, 0.3) is 11.1 Å². The van der Waals surface area contributed by atoms with Gasteiger partial charge >= 0.3 is 0 Å². The van der Waals surface area contributed by atoms with Crippen molar-refractivity contribution in [2.24, 2.45) is 5.73 Å². The summed E-state index contributed by atoms with van der Waals surface area (Å²) in [6, 6.07) is 18.2. The Labute approximate surface area is 391 Å². The van der Waals surface area contributed by atoms with Crippen LogP contribution in [-0.2, 0) is 45.2 Å². The highest BCUT2D eigenvalue weighted by Gasteiger charge is 2.18. The Morgan fingerprint density at radius 3 is 1.66 bits per heavy atom. The molecule has 2 fully saturated rings. The number of aromatic nitrogens is 2. The molecule has 62 heavy (non-hydrogen) atoms. The Morgan fingerprint density at radius 2 is 1.18 bits per heavy atom. The van der Waals surface area contributed by atoms with Crippen LogP contribution in [0.1, 0.15) is 149 Å². The molecule has 0 unspecified atom stereocenters. The zero-order valence-electron chi connectivity index (χ0n) is 41.4. The van der Waals surface area contributed by atoms with Crippen molar-refractivity contribution in [2.75, 3.05) is 32.4 Å². The number of terminal acetylenes is 1. The smallest absolute Gasteiger partial charge is 0.0625 e. The highest BCUT2D eigenvalue weighted by atomic mass is 35.5. The molecule has 2 aromatic carbocycles. The average Bonchev–Trinajstić information content (AvgIpc) is 3.84. The number of halogens is 1. The van der Waals surface area contributed by atoms with Crippen molar-refractivity contribution >= 4 is 23.5 Å². The minimum atomic E-state index is 0.806. The Balaban J connectivity index is 0.00000239. The Kier molecular flexibility index (Phi) is 33.0. The number of pyridine rings is 2. The zero-order valence-corrected chi connectivity index (χ0v) is 42.9. The van der Waals surface area contributed by atoms with E-state index in [0.717, 1.165) is 61.6 Å². The number of hydrogen-bond donors (Lipinski definition) is 1. The van der Waals surface area contributed by atoms with E-state index in [0.29, 0.717) is 0 Å². The van der Waals surface area contributed by atoms with Crippen LogP contribution < -0.4 is 5.73 Å². The summed E-state index contributed by atoms with van der Waals surface area (Å²) in [5.74, 6) is 1.24. The quantitative estimate of drug-likeness (QED) is 0.0820. The predicted molar refractivity (Wildman–Crippen MR) is 280 cm³/mol. The van der Waals surface area contributed by atoms with E-state index in [2.05, 4.69) is 138 Å². The molecule has 2 aliphatic rings. The summed E-state index contributed by atoms with van der Waals surface area (Å²) < 4.78 is 2.50. The number of nitrogens with two attached hydrogens (primary N) is 1. The van der Waals surface area contributed by atoms with Crippen molar-refractivity contribution in [3.8, 4) is 24.0 Å². The summed E-state index contributed by atoms with van der Waals surface area (Å²) >= 11 is 8.83. The van der Waals surface area contributed by atoms with Gasteiger partial charge in [0.05, 0.1) is 10.7 Å². The Bertz CT molecular complexity index is 1820. The van der Waals surface area contributed by atoms with Gasteiger partial charge in [-0.25, -0.2) is 4.31 Å². The van der Waals surface area contributed by atoms with Gasteiger partial charge in [-0.15, -0.1) is 26.0 Å². The Hall–Kier alpha value is -3.44. The SMILES string of the molecule is C#C.C=C.CC.CC.CCCC.CCc1nc(CCc2cccc(-c3cccc(CCc4nc(C)c(CN5CCCCC5)cc4Cl)c3C)c2C)c(C)cc1CN1CCCS1.CN. The molecular weight excluding hydrogens is 798 g/mol. The van der Waals surface area contributed by atoms with Crippen LogP contribution in [0.2, 0.25) is 5.02 Å². The van der Waals surface area contributed by atoms with Crippen molar-refractivity contribution in [1.82, 2.24) is 19.2 Å². The lowest BCUT2D eigenvalue weighted by Crippen LogP contribution is -2.29. The first-order valence-electron chi connectivity index (χ1n) is 23.5. The maximum absolute atomic E-state index is 6.84. The average molecular weight is 885 g/mol. The molecular formula is C55H86ClN5S. The number of hydrogen-bond acceptors (Lipinski definition) is 6. The van der Waals surface area contributed by atoms with Gasteiger partial charge in [0.1, 0.15) is 0 Å². The third-order valence-corrected chi connectivity index (χ3v) is 12.6. The van der Waals surface area contributed by atoms with Gasteiger partial charge in [0.25, 0.3) is 0 Å². The number of likely N-dealkylation sites (tertiary alicyclic amines) is 1. The first-order valence-corrected chi connectivity index (χ1v) is 24.9. The minimum Gasteiger partial charge on any atom is -0.333 e. The van der Waals surface area contributed by atoms with Crippen molar-refractivity contribution in [2.45, 2.75) is 160 Å². The maximum Gasteiger partial charge on any atom is 0.0625 e. The highest BCUT2D eigenvalue weighted by molar-refractivity contribution is 7.97. The number of piperidine rings is 1. The van der Waals surface area contributed by atoms with E-state index in [1.807, 2.05) is 39.6 Å². The van der Waals surface area contributed by atoms with E-state index in [-0.39, 0.29) is 0 Å². The van der Waals surface area contributed by atoms with Crippen molar-refractivity contribution in [1.29, 1.82) is 0 Å². The van der Waals surface area contributed by atoms with Crippen LogP contribution in [0, 0.1) is 40.5 Å². The van der Waals surface area contributed by atoms with Crippen molar-refractivity contribution in [3.05, 3.63) is 128 Å². The minimum absolute atomic E-state index is 0.806. The third kappa shape index (κ3) is 18.7. The lowest BCUT2D eigenvalue weighted by atomic mass is 9.89. The van der Waals surface area contributed by atoms with Crippen molar-refractivity contribution < 1.29 is 0 Å². The number of benzene rings is 2. The fourth-order valence-electron chi connectivity index (χ4n) is 7.62. The zero-order chi connectivity index (χ0) is 47.0. The molecule has 0 saturated carbocycles. The molecule has 0 bridgehead atoms. The summed E-state index contributed by atoms with van der Waals surface area (Å²) in [5, 5.41) is 0.806. The van der Waals surface area contributed by atoms with Crippen LogP contribution >= 0.6 is 23.5 Å². The van der Waals surface area contributed by atoms with E-state index in [4.69, 9.17) is 21.6 Å². The van der Waals surface area contributed by atoms with Crippen LogP contribution in [0.4, 0.5) is 0 Å². The standard InChI is InChI=1S/C42H53ClN4S.C4H10.2C2H6.C2H4.C2H2.CH5N/c1-6-40-36(28-47-23-12-24-48-47)25-29(2)41(45-40)19-17-33-13-10-15-37(30(33)3)38-16-11-14-34(31(38)4)18-20-42-39(43)26-35(32(5)44-42)27-46-21-8-7-9-22-46;1-3-4-2;5*1-2/h10-11,13-16,25-26H,6-9,12,17-24,27-28H2,1-5H3;3-4H2,1-2H3;2*1-2H3;1-2H2;1-2H;2H2,1H3. The van der Waals surface area contributed by atoms with E-state index in [9.17, 15) is 0 Å². The molecule has 2 aliphatic heterocycles. The molecule has 0 radical (unpaired) electrons. The van der Waals surface area contributed by atoms with Crippen LogP contribution in [0.15, 0.2) is 61.7 Å². The molecule has 4 heterocycles. The maximum atomic E-state index is 6.84. The fourth-order valence-corrected chi connectivity index (χ4v) is 8.89. The predicted octanol–water partition coefficient (Wildman–Crippen LogP) is 14.5. The lowest BCUT2D eigenvalue weighted by molar-refractivity contribution is 0.220. The molecule has 2 saturated heterocycles. The molecule has 4 aromatic rings. The molecule has 344 valence electrons. The Morgan fingerprint density at radius 1 is 0.645 bits per heavy atom. The van der Waals surface area contributed by atoms with Gasteiger partial charge < -0.3 is 5.73 Å². The summed E-state index contributed by atoms with van der Waals surface area (Å²) in [6.45, 7) is 35.1. The topological polar surface area (TPSA) is 58.3 Å². The second kappa shape index (κ2) is 35.0. The molecule has 0 amide bonds. The summed E-state index contributed by atoms with van der Waals surface area (Å²) in [5.41, 5.74) is 21.3. The first-order chi connectivity index (χ1) is 30.2. The summed E-state index contributed by atoms with van der Waals surface area (Å²) in [6.07, 6.45) is 20.6. The monoisotopic (exact) mass is 884 g/mol. The van der Waals surface area contributed by atoms with Crippen LogP contribution in [0.5, 0.6) is 0 Å². The van der Waals surface area contributed by atoms with Gasteiger partial charge in [0.2, 0.25) is 0 Å². The van der Waals surface area contributed by atoms with Gasteiger partial charge in [0.15, 0.2) is 0 Å². The number of aryl methyl sites for hydroxylation is 7. The van der Waals surface area contributed by atoms with Crippen LogP contribution in [0.3, 0.4) is 0 Å². The molecule has 0 spiro atoms.